The van der Waals surface area contributed by atoms with Crippen LogP contribution in [0.5, 0.6) is 0 Å². The SMILES string of the molecule is C=C(C)[C@H]1O[C@H]1c1ccccc1. The van der Waals surface area contributed by atoms with E-state index in [1.54, 1.807) is 0 Å². The number of epoxide rings is 1. The molecular formula is C11H12O. The van der Waals surface area contributed by atoms with Crippen LogP contribution in [-0.4, -0.2) is 6.10 Å². The summed E-state index contributed by atoms with van der Waals surface area (Å²) in [5.74, 6) is 0. The van der Waals surface area contributed by atoms with Gasteiger partial charge in [0.1, 0.15) is 12.2 Å². The van der Waals surface area contributed by atoms with E-state index in [0.29, 0.717) is 0 Å². The monoisotopic (exact) mass is 160 g/mol. The Bertz CT molecular complexity index is 289. The standard InChI is InChI=1S/C11H12O/c1-8(2)10-11(12-10)9-6-4-3-5-7-9/h3-7,10-11H,1H2,2H3/t10-,11+/m1/s1. The fourth-order valence-electron chi connectivity index (χ4n) is 1.38. The second-order valence-corrected chi connectivity index (χ2v) is 3.23. The van der Waals surface area contributed by atoms with Crippen LogP contribution in [0, 0.1) is 0 Å². The molecule has 62 valence electrons. The summed E-state index contributed by atoms with van der Waals surface area (Å²) in [4.78, 5) is 0. The Morgan fingerprint density at radius 3 is 2.50 bits per heavy atom. The highest BCUT2D eigenvalue weighted by molar-refractivity contribution is 5.26. The van der Waals surface area contributed by atoms with Gasteiger partial charge in [0.05, 0.1) is 0 Å². The number of benzene rings is 1. The van der Waals surface area contributed by atoms with Crippen LogP contribution >= 0.6 is 0 Å². The van der Waals surface area contributed by atoms with Crippen molar-refractivity contribution in [2.45, 2.75) is 19.1 Å². The van der Waals surface area contributed by atoms with Gasteiger partial charge in [-0.3, -0.25) is 0 Å². The maximum absolute atomic E-state index is 5.46. The van der Waals surface area contributed by atoms with E-state index in [4.69, 9.17) is 4.74 Å². The van der Waals surface area contributed by atoms with E-state index in [9.17, 15) is 0 Å². The molecule has 0 aromatic heterocycles. The van der Waals surface area contributed by atoms with Crippen LogP contribution in [0.1, 0.15) is 18.6 Å². The van der Waals surface area contributed by atoms with Crippen molar-refractivity contribution in [3.05, 3.63) is 48.0 Å². The van der Waals surface area contributed by atoms with Gasteiger partial charge in [0.2, 0.25) is 0 Å². The maximum Gasteiger partial charge on any atom is 0.113 e. The molecule has 0 amide bonds. The fraction of sp³-hybridized carbons (Fsp3) is 0.273. The van der Waals surface area contributed by atoms with Crippen molar-refractivity contribution in [2.75, 3.05) is 0 Å². The lowest BCUT2D eigenvalue weighted by molar-refractivity contribution is 0.389. The maximum atomic E-state index is 5.46. The Kier molecular flexibility index (Phi) is 1.74. The predicted molar refractivity (Wildman–Crippen MR) is 48.9 cm³/mol. The second-order valence-electron chi connectivity index (χ2n) is 3.23. The molecule has 1 aliphatic heterocycles. The van der Waals surface area contributed by atoms with Crippen LogP contribution in [0.25, 0.3) is 0 Å². The number of hydrogen-bond donors (Lipinski definition) is 0. The van der Waals surface area contributed by atoms with E-state index in [-0.39, 0.29) is 12.2 Å². The van der Waals surface area contributed by atoms with Crippen molar-refractivity contribution in [3.63, 3.8) is 0 Å². The Morgan fingerprint density at radius 1 is 1.33 bits per heavy atom. The van der Waals surface area contributed by atoms with Crippen molar-refractivity contribution >= 4 is 0 Å². The van der Waals surface area contributed by atoms with Gasteiger partial charge in [-0.2, -0.15) is 0 Å². The Balaban J connectivity index is 2.11. The first-order valence-electron chi connectivity index (χ1n) is 4.15. The molecule has 1 fully saturated rings. The predicted octanol–water partition coefficient (Wildman–Crippen LogP) is 2.70. The summed E-state index contributed by atoms with van der Waals surface area (Å²) in [6.07, 6.45) is 0.524. The molecule has 2 atom stereocenters. The number of ether oxygens (including phenoxy) is 1. The lowest BCUT2D eigenvalue weighted by Crippen LogP contribution is -1.88. The highest BCUT2D eigenvalue weighted by atomic mass is 16.6. The molecule has 0 bridgehead atoms. The van der Waals surface area contributed by atoms with Crippen molar-refractivity contribution in [2.24, 2.45) is 0 Å². The molecule has 0 saturated carbocycles. The molecule has 1 heteroatoms. The molecule has 1 saturated heterocycles. The van der Waals surface area contributed by atoms with Gasteiger partial charge in [0.25, 0.3) is 0 Å². The Morgan fingerprint density at radius 2 is 2.00 bits per heavy atom. The highest BCUT2D eigenvalue weighted by Crippen LogP contribution is 2.41. The van der Waals surface area contributed by atoms with Crippen LogP contribution in [0.4, 0.5) is 0 Å². The molecule has 2 rings (SSSR count). The van der Waals surface area contributed by atoms with Crippen LogP contribution in [0.3, 0.4) is 0 Å². The summed E-state index contributed by atoms with van der Waals surface area (Å²) in [6, 6.07) is 10.3. The molecule has 0 N–H and O–H groups in total. The van der Waals surface area contributed by atoms with Gasteiger partial charge < -0.3 is 4.74 Å². The number of rotatable bonds is 2. The number of hydrogen-bond acceptors (Lipinski definition) is 1. The van der Waals surface area contributed by atoms with Gasteiger partial charge in [-0.1, -0.05) is 36.9 Å². The largest absolute Gasteiger partial charge is 0.360 e. The third-order valence-corrected chi connectivity index (χ3v) is 2.11. The third-order valence-electron chi connectivity index (χ3n) is 2.11. The van der Waals surface area contributed by atoms with E-state index in [1.165, 1.54) is 5.56 Å². The molecule has 0 unspecified atom stereocenters. The molecule has 1 aromatic carbocycles. The zero-order valence-corrected chi connectivity index (χ0v) is 7.16. The van der Waals surface area contributed by atoms with Crippen LogP contribution in [-0.2, 0) is 4.74 Å². The second kappa shape index (κ2) is 2.76. The average Bonchev–Trinajstić information content (AvgIpc) is 2.84. The van der Waals surface area contributed by atoms with E-state index < -0.39 is 0 Å². The first-order valence-corrected chi connectivity index (χ1v) is 4.15. The molecule has 0 radical (unpaired) electrons. The van der Waals surface area contributed by atoms with E-state index in [0.717, 1.165) is 5.57 Å². The van der Waals surface area contributed by atoms with Gasteiger partial charge in [-0.25, -0.2) is 0 Å². The van der Waals surface area contributed by atoms with Gasteiger partial charge >= 0.3 is 0 Å². The summed E-state index contributed by atoms with van der Waals surface area (Å²) in [7, 11) is 0. The summed E-state index contributed by atoms with van der Waals surface area (Å²) < 4.78 is 5.46. The third kappa shape index (κ3) is 1.28. The summed E-state index contributed by atoms with van der Waals surface area (Å²) >= 11 is 0. The molecule has 1 heterocycles. The quantitative estimate of drug-likeness (QED) is 0.478. The van der Waals surface area contributed by atoms with Crippen LogP contribution in [0.2, 0.25) is 0 Å². The molecule has 0 spiro atoms. The van der Waals surface area contributed by atoms with Crippen molar-refractivity contribution in [1.82, 2.24) is 0 Å². The molecule has 1 nitrogen and oxygen atoms in total. The lowest BCUT2D eigenvalue weighted by Gasteiger charge is -1.93. The smallest absolute Gasteiger partial charge is 0.113 e. The zero-order chi connectivity index (χ0) is 8.55. The van der Waals surface area contributed by atoms with Crippen molar-refractivity contribution in [1.29, 1.82) is 0 Å². The van der Waals surface area contributed by atoms with Crippen molar-refractivity contribution in [3.8, 4) is 0 Å². The van der Waals surface area contributed by atoms with E-state index in [2.05, 4.69) is 18.7 Å². The molecule has 12 heavy (non-hydrogen) atoms. The first kappa shape index (κ1) is 7.56. The molecule has 1 aliphatic rings. The van der Waals surface area contributed by atoms with Gasteiger partial charge in [-0.15, -0.1) is 0 Å². The van der Waals surface area contributed by atoms with Crippen LogP contribution in [0.15, 0.2) is 42.5 Å². The summed E-state index contributed by atoms with van der Waals surface area (Å²) in [5.41, 5.74) is 2.37. The van der Waals surface area contributed by atoms with E-state index in [1.807, 2.05) is 25.1 Å². The average molecular weight is 160 g/mol. The summed E-state index contributed by atoms with van der Waals surface area (Å²) in [6.45, 7) is 5.88. The van der Waals surface area contributed by atoms with E-state index >= 15 is 0 Å². The zero-order valence-electron chi connectivity index (χ0n) is 7.16. The van der Waals surface area contributed by atoms with Gasteiger partial charge in [0, 0.05) is 0 Å². The Labute approximate surface area is 72.7 Å². The minimum atomic E-state index is 0.257. The minimum absolute atomic E-state index is 0.257. The fourth-order valence-corrected chi connectivity index (χ4v) is 1.38. The first-order chi connectivity index (χ1) is 5.79. The molecule has 1 aromatic rings. The molecular weight excluding hydrogens is 148 g/mol. The Hall–Kier alpha value is -1.08. The van der Waals surface area contributed by atoms with Crippen LogP contribution < -0.4 is 0 Å². The van der Waals surface area contributed by atoms with Crippen molar-refractivity contribution < 1.29 is 4.74 Å². The van der Waals surface area contributed by atoms with Gasteiger partial charge in [-0.05, 0) is 18.1 Å². The summed E-state index contributed by atoms with van der Waals surface area (Å²) in [5, 5.41) is 0. The molecule has 0 aliphatic carbocycles. The van der Waals surface area contributed by atoms with Gasteiger partial charge in [0.15, 0.2) is 0 Å². The topological polar surface area (TPSA) is 12.5 Å². The lowest BCUT2D eigenvalue weighted by atomic mass is 10.1. The highest BCUT2D eigenvalue weighted by Gasteiger charge is 2.40. The minimum Gasteiger partial charge on any atom is -0.360 e. The normalized spacial score (nSPS) is 26.8.